The van der Waals surface area contributed by atoms with Gasteiger partial charge >= 0.3 is 0 Å². The molecule has 0 bridgehead atoms. The monoisotopic (exact) mass is 422 g/mol. The molecule has 1 N–H and O–H groups in total. The quantitative estimate of drug-likeness (QED) is 0.690. The lowest BCUT2D eigenvalue weighted by atomic mass is 9.98. The first-order valence-electron chi connectivity index (χ1n) is 10.7. The van der Waals surface area contributed by atoms with E-state index in [1.807, 2.05) is 23.1 Å². The Morgan fingerprint density at radius 3 is 2.45 bits per heavy atom. The van der Waals surface area contributed by atoms with Gasteiger partial charge < -0.3 is 14.5 Å². The fraction of sp³-hybridized carbons (Fsp3) is 0.375. The third-order valence-electron chi connectivity index (χ3n) is 6.12. The lowest BCUT2D eigenvalue weighted by Gasteiger charge is -2.33. The largest absolute Gasteiger partial charge is 0.497 e. The van der Waals surface area contributed by atoms with Crippen molar-refractivity contribution in [2.24, 2.45) is 0 Å². The van der Waals surface area contributed by atoms with Crippen LogP contribution in [0.25, 0.3) is 0 Å². The maximum atomic E-state index is 12.7. The Bertz CT molecular complexity index is 965. The van der Waals surface area contributed by atoms with Crippen LogP contribution in [0.4, 0.5) is 0 Å². The van der Waals surface area contributed by atoms with Gasteiger partial charge in [0.2, 0.25) is 11.8 Å². The predicted octanol–water partition coefficient (Wildman–Crippen LogP) is 0.538. The van der Waals surface area contributed by atoms with Crippen LogP contribution in [0.3, 0.4) is 0 Å². The number of ether oxygens (including phenoxy) is 1. The number of quaternary nitrogens is 1. The third kappa shape index (κ3) is 4.77. The summed E-state index contributed by atoms with van der Waals surface area (Å²) in [6, 6.07) is 15.3. The Morgan fingerprint density at radius 2 is 1.74 bits per heavy atom. The van der Waals surface area contributed by atoms with Crippen LogP contribution < -0.4 is 9.64 Å². The highest BCUT2D eigenvalue weighted by Gasteiger charge is 2.31. The molecule has 2 aliphatic heterocycles. The molecule has 3 amide bonds. The Kier molecular flexibility index (Phi) is 6.32. The summed E-state index contributed by atoms with van der Waals surface area (Å²) in [5, 5.41) is 0. The smallest absolute Gasteiger partial charge is 0.260 e. The number of carbonyl (C=O) groups is 3. The highest BCUT2D eigenvalue weighted by Crippen LogP contribution is 2.20. The van der Waals surface area contributed by atoms with Crippen molar-refractivity contribution in [3.05, 3.63) is 65.2 Å². The number of fused-ring (bicyclic) bond motifs is 1. The summed E-state index contributed by atoms with van der Waals surface area (Å²) in [6.07, 6.45) is 0.386. The van der Waals surface area contributed by atoms with Crippen molar-refractivity contribution in [2.45, 2.75) is 19.4 Å². The third-order valence-corrected chi connectivity index (χ3v) is 6.12. The molecule has 7 nitrogen and oxygen atoms in total. The van der Waals surface area contributed by atoms with Crippen LogP contribution in [0, 0.1) is 0 Å². The van der Waals surface area contributed by atoms with Gasteiger partial charge in [-0.05, 0) is 35.9 Å². The standard InChI is InChI=1S/C24H27N3O4/c1-31-20-8-6-18(7-9-20)17-25-12-14-26(15-13-25)22(28)10-11-27-23(29)16-19-4-2-3-5-21(19)24(27)30/h2-9H,10-17H2,1H3/p+1. The minimum Gasteiger partial charge on any atom is -0.497 e. The van der Waals surface area contributed by atoms with Gasteiger partial charge in [0, 0.05) is 24.1 Å². The molecule has 2 heterocycles. The Labute approximate surface area is 182 Å². The van der Waals surface area contributed by atoms with E-state index in [1.54, 1.807) is 25.3 Å². The summed E-state index contributed by atoms with van der Waals surface area (Å²) in [5.74, 6) is 0.324. The van der Waals surface area contributed by atoms with Crippen molar-refractivity contribution < 1.29 is 24.0 Å². The Hall–Kier alpha value is -3.19. The summed E-state index contributed by atoms with van der Waals surface area (Å²) < 4.78 is 5.20. The van der Waals surface area contributed by atoms with Crippen molar-refractivity contribution in [2.75, 3.05) is 39.8 Å². The lowest BCUT2D eigenvalue weighted by Crippen LogP contribution is -3.13. The maximum absolute atomic E-state index is 12.7. The molecule has 31 heavy (non-hydrogen) atoms. The van der Waals surface area contributed by atoms with E-state index in [0.717, 1.165) is 30.9 Å². The number of nitrogens with one attached hydrogen (secondary N) is 1. The number of nitrogens with zero attached hydrogens (tertiary/aromatic N) is 2. The summed E-state index contributed by atoms with van der Waals surface area (Å²) >= 11 is 0. The van der Waals surface area contributed by atoms with Gasteiger partial charge in [0.25, 0.3) is 5.91 Å². The van der Waals surface area contributed by atoms with Crippen molar-refractivity contribution in [3.8, 4) is 5.75 Å². The molecule has 0 radical (unpaired) electrons. The maximum Gasteiger partial charge on any atom is 0.260 e. The first-order valence-corrected chi connectivity index (χ1v) is 10.7. The zero-order valence-corrected chi connectivity index (χ0v) is 17.8. The van der Waals surface area contributed by atoms with Crippen LogP contribution in [-0.2, 0) is 22.6 Å². The van der Waals surface area contributed by atoms with Crippen LogP contribution >= 0.6 is 0 Å². The molecular weight excluding hydrogens is 394 g/mol. The molecule has 4 rings (SSSR count). The van der Waals surface area contributed by atoms with Gasteiger partial charge in [0.15, 0.2) is 0 Å². The normalized spacial score (nSPS) is 16.9. The summed E-state index contributed by atoms with van der Waals surface area (Å²) in [5.41, 5.74) is 2.57. The molecule has 2 aliphatic rings. The SMILES string of the molecule is COc1ccc(C[NH+]2CCN(C(=O)CCN3C(=O)Cc4ccccc4C3=O)CC2)cc1. The Balaban J connectivity index is 1.25. The van der Waals surface area contributed by atoms with E-state index in [1.165, 1.54) is 15.4 Å². The highest BCUT2D eigenvalue weighted by molar-refractivity contribution is 6.09. The number of methoxy groups -OCH3 is 1. The lowest BCUT2D eigenvalue weighted by molar-refractivity contribution is -0.917. The molecule has 0 spiro atoms. The van der Waals surface area contributed by atoms with Gasteiger partial charge in [-0.1, -0.05) is 18.2 Å². The predicted molar refractivity (Wildman–Crippen MR) is 115 cm³/mol. The van der Waals surface area contributed by atoms with Gasteiger partial charge in [-0.3, -0.25) is 19.3 Å². The average molecular weight is 423 g/mol. The fourth-order valence-corrected chi connectivity index (χ4v) is 4.27. The zero-order valence-electron chi connectivity index (χ0n) is 17.8. The van der Waals surface area contributed by atoms with Gasteiger partial charge in [-0.25, -0.2) is 0 Å². The van der Waals surface area contributed by atoms with E-state index in [4.69, 9.17) is 4.74 Å². The number of hydrogen-bond donors (Lipinski definition) is 1. The highest BCUT2D eigenvalue weighted by atomic mass is 16.5. The van der Waals surface area contributed by atoms with Crippen molar-refractivity contribution in [1.82, 2.24) is 9.80 Å². The number of carbonyl (C=O) groups excluding carboxylic acids is 3. The van der Waals surface area contributed by atoms with E-state index in [-0.39, 0.29) is 37.1 Å². The topological polar surface area (TPSA) is 71.4 Å². The van der Waals surface area contributed by atoms with E-state index in [9.17, 15) is 14.4 Å². The van der Waals surface area contributed by atoms with Crippen LogP contribution in [0.1, 0.15) is 27.9 Å². The second kappa shape index (κ2) is 9.31. The molecular formula is C24H28N3O4+. The molecule has 7 heteroatoms. The van der Waals surface area contributed by atoms with E-state index < -0.39 is 0 Å². The van der Waals surface area contributed by atoms with Crippen LogP contribution in [0.5, 0.6) is 5.75 Å². The zero-order chi connectivity index (χ0) is 21.8. The molecule has 0 unspecified atom stereocenters. The van der Waals surface area contributed by atoms with Crippen molar-refractivity contribution >= 4 is 17.7 Å². The molecule has 162 valence electrons. The number of imide groups is 1. The molecule has 0 aliphatic carbocycles. The number of hydrogen-bond acceptors (Lipinski definition) is 4. The summed E-state index contributed by atoms with van der Waals surface area (Å²) in [6.45, 7) is 4.20. The van der Waals surface area contributed by atoms with Crippen LogP contribution in [-0.4, -0.2) is 67.4 Å². The van der Waals surface area contributed by atoms with Crippen molar-refractivity contribution in [1.29, 1.82) is 0 Å². The summed E-state index contributed by atoms with van der Waals surface area (Å²) in [7, 11) is 1.66. The van der Waals surface area contributed by atoms with Crippen molar-refractivity contribution in [3.63, 3.8) is 0 Å². The van der Waals surface area contributed by atoms with Crippen LogP contribution in [0.2, 0.25) is 0 Å². The number of piperazine rings is 1. The van der Waals surface area contributed by atoms with Gasteiger partial charge in [-0.2, -0.15) is 0 Å². The van der Waals surface area contributed by atoms with Gasteiger partial charge in [0.1, 0.15) is 12.3 Å². The van der Waals surface area contributed by atoms with Gasteiger partial charge in [-0.15, -0.1) is 0 Å². The number of amides is 3. The summed E-state index contributed by atoms with van der Waals surface area (Å²) in [4.78, 5) is 42.2. The molecule has 1 saturated heterocycles. The van der Waals surface area contributed by atoms with E-state index in [2.05, 4.69) is 12.1 Å². The second-order valence-corrected chi connectivity index (χ2v) is 8.09. The second-order valence-electron chi connectivity index (χ2n) is 8.09. The number of benzene rings is 2. The van der Waals surface area contributed by atoms with Gasteiger partial charge in [0.05, 0.1) is 39.7 Å². The minimum atomic E-state index is -0.298. The molecule has 0 saturated carbocycles. The average Bonchev–Trinajstić information content (AvgIpc) is 2.80. The first kappa shape index (κ1) is 21.1. The molecule has 0 aromatic heterocycles. The first-order chi connectivity index (χ1) is 15.0. The Morgan fingerprint density at radius 1 is 1.03 bits per heavy atom. The van der Waals surface area contributed by atoms with Crippen LogP contribution in [0.15, 0.2) is 48.5 Å². The number of rotatable bonds is 6. The molecule has 1 fully saturated rings. The molecule has 0 atom stereocenters. The molecule has 2 aromatic carbocycles. The minimum absolute atomic E-state index is 0.00274. The molecule has 2 aromatic rings. The van der Waals surface area contributed by atoms with E-state index in [0.29, 0.717) is 18.7 Å². The van der Waals surface area contributed by atoms with E-state index >= 15 is 0 Å². The fourth-order valence-electron chi connectivity index (χ4n) is 4.27.